The molecule has 1 aromatic rings. The van der Waals surface area contributed by atoms with Crippen LogP contribution in [-0.2, 0) is 11.2 Å². The summed E-state index contributed by atoms with van der Waals surface area (Å²) in [6.07, 6.45) is 0.537. The van der Waals surface area contributed by atoms with E-state index in [-0.39, 0.29) is 35.1 Å². The number of halogens is 1. The van der Waals surface area contributed by atoms with Gasteiger partial charge < -0.3 is 20.1 Å². The molecule has 0 fully saturated rings. The largest absolute Gasteiger partial charge is 0.547 e. The van der Waals surface area contributed by atoms with Gasteiger partial charge in [-0.25, -0.2) is 4.79 Å². The van der Waals surface area contributed by atoms with Crippen molar-refractivity contribution in [2.45, 2.75) is 25.7 Å². The maximum atomic E-state index is 11.4. The van der Waals surface area contributed by atoms with Crippen LogP contribution in [0.1, 0.15) is 29.3 Å². The van der Waals surface area contributed by atoms with Gasteiger partial charge in [0, 0.05) is 11.4 Å². The Kier molecular flexibility index (Phi) is 4.20. The van der Waals surface area contributed by atoms with E-state index in [0.717, 1.165) is 0 Å². The van der Waals surface area contributed by atoms with E-state index in [2.05, 4.69) is 5.32 Å². The molecule has 0 spiro atoms. The number of carbonyl (C=O) groups excluding carboxylic acids is 1. The van der Waals surface area contributed by atoms with Gasteiger partial charge in [-0.05, 0) is 24.1 Å². The fourth-order valence-corrected chi connectivity index (χ4v) is 2.31. The van der Waals surface area contributed by atoms with Gasteiger partial charge in [0.2, 0.25) is 5.91 Å². The zero-order valence-corrected chi connectivity index (χ0v) is 11.5. The minimum absolute atomic E-state index is 0.0939. The van der Waals surface area contributed by atoms with Crippen LogP contribution in [0.4, 0.5) is 0 Å². The highest BCUT2D eigenvalue weighted by atomic mass is 35.5. The number of nitrogens with one attached hydrogen (secondary N) is 1. The highest BCUT2D eigenvalue weighted by molar-refractivity contribution is 6.47. The van der Waals surface area contributed by atoms with Crippen LogP contribution in [-0.4, -0.2) is 35.1 Å². The third-order valence-electron chi connectivity index (χ3n) is 3.05. The Morgan fingerprint density at radius 3 is 2.85 bits per heavy atom. The lowest BCUT2D eigenvalue weighted by atomic mass is 9.72. The van der Waals surface area contributed by atoms with Crippen molar-refractivity contribution in [3.63, 3.8) is 0 Å². The normalized spacial score (nSPS) is 17.1. The van der Waals surface area contributed by atoms with Gasteiger partial charge >= 0.3 is 13.1 Å². The van der Waals surface area contributed by atoms with Crippen molar-refractivity contribution >= 4 is 30.6 Å². The van der Waals surface area contributed by atoms with Gasteiger partial charge in [0.05, 0.1) is 5.94 Å². The number of carbonyl (C=O) groups is 2. The maximum Gasteiger partial charge on any atom is 0.547 e. The summed E-state index contributed by atoms with van der Waals surface area (Å²) in [5.74, 6) is -1.94. The third kappa shape index (κ3) is 2.89. The standard InChI is InChI=1S/C12H13BClNO5/c1-2-10(16)15-9-4-6-3-7(14)5-8(12(17)18)11(6)20-13(9)19/h3,5,9,19H,2,4H2,1H3,(H,15,16)(H,17,18)/t9-/m0/s1. The highest BCUT2D eigenvalue weighted by Crippen LogP contribution is 2.33. The molecular formula is C12H13BClNO5. The molecule has 0 saturated carbocycles. The summed E-state index contributed by atoms with van der Waals surface area (Å²) < 4.78 is 5.24. The first-order valence-corrected chi connectivity index (χ1v) is 6.50. The van der Waals surface area contributed by atoms with E-state index in [4.69, 9.17) is 21.4 Å². The molecule has 8 heteroatoms. The number of hydrogen-bond donors (Lipinski definition) is 3. The Morgan fingerprint density at radius 2 is 2.25 bits per heavy atom. The Bertz CT molecular complexity index is 565. The average Bonchev–Trinajstić information content (AvgIpc) is 2.39. The first-order chi connectivity index (χ1) is 9.42. The summed E-state index contributed by atoms with van der Waals surface area (Å²) in [5, 5.41) is 21.9. The van der Waals surface area contributed by atoms with E-state index < -0.39 is 19.0 Å². The van der Waals surface area contributed by atoms with E-state index in [1.54, 1.807) is 13.0 Å². The zero-order valence-electron chi connectivity index (χ0n) is 10.7. The zero-order chi connectivity index (χ0) is 14.9. The molecule has 0 bridgehead atoms. The summed E-state index contributed by atoms with van der Waals surface area (Å²) in [4.78, 5) is 22.5. The number of rotatable bonds is 3. The number of aromatic carboxylic acids is 1. The monoisotopic (exact) mass is 297 g/mol. The van der Waals surface area contributed by atoms with Crippen LogP contribution in [0.2, 0.25) is 5.02 Å². The molecule has 0 aliphatic carbocycles. The molecule has 6 nitrogen and oxygen atoms in total. The quantitative estimate of drug-likeness (QED) is 0.720. The van der Waals surface area contributed by atoms with Crippen LogP contribution < -0.4 is 9.97 Å². The molecular weight excluding hydrogens is 284 g/mol. The van der Waals surface area contributed by atoms with Gasteiger partial charge in [0.15, 0.2) is 0 Å². The first kappa shape index (κ1) is 14.7. The summed E-state index contributed by atoms with van der Waals surface area (Å²) in [6.45, 7) is 1.69. The van der Waals surface area contributed by atoms with E-state index in [0.29, 0.717) is 5.56 Å². The van der Waals surface area contributed by atoms with Crippen LogP contribution in [0, 0.1) is 0 Å². The van der Waals surface area contributed by atoms with Crippen molar-refractivity contribution in [1.29, 1.82) is 0 Å². The first-order valence-electron chi connectivity index (χ1n) is 6.12. The van der Waals surface area contributed by atoms with Gasteiger partial charge in [0.1, 0.15) is 11.3 Å². The van der Waals surface area contributed by atoms with Crippen molar-refractivity contribution in [3.05, 3.63) is 28.3 Å². The minimum Gasteiger partial charge on any atom is -0.534 e. The second-order valence-corrected chi connectivity index (χ2v) is 4.92. The topological polar surface area (TPSA) is 95.9 Å². The van der Waals surface area contributed by atoms with E-state index >= 15 is 0 Å². The lowest BCUT2D eigenvalue weighted by Gasteiger charge is -2.29. The van der Waals surface area contributed by atoms with E-state index in [1.807, 2.05) is 0 Å². The number of benzene rings is 1. The molecule has 1 aliphatic heterocycles. The van der Waals surface area contributed by atoms with Crippen molar-refractivity contribution in [3.8, 4) is 5.75 Å². The van der Waals surface area contributed by atoms with Crippen LogP contribution in [0.3, 0.4) is 0 Å². The number of fused-ring (bicyclic) bond motifs is 1. The Labute approximate surface area is 120 Å². The molecule has 1 amide bonds. The molecule has 1 atom stereocenters. The van der Waals surface area contributed by atoms with Crippen LogP contribution in [0.15, 0.2) is 12.1 Å². The molecule has 1 aromatic carbocycles. The lowest BCUT2D eigenvalue weighted by Crippen LogP contribution is -2.53. The summed E-state index contributed by atoms with van der Waals surface area (Å²) >= 11 is 5.87. The fraction of sp³-hybridized carbons (Fsp3) is 0.333. The smallest absolute Gasteiger partial charge is 0.534 e. The summed E-state index contributed by atoms with van der Waals surface area (Å²) in [5.41, 5.74) is 0.438. The summed E-state index contributed by atoms with van der Waals surface area (Å²) in [7, 11) is -1.29. The van der Waals surface area contributed by atoms with E-state index in [1.165, 1.54) is 6.07 Å². The molecule has 0 saturated heterocycles. The van der Waals surface area contributed by atoms with Crippen molar-refractivity contribution in [2.75, 3.05) is 0 Å². The van der Waals surface area contributed by atoms with Gasteiger partial charge in [-0.15, -0.1) is 0 Å². The number of carboxylic acids is 1. The van der Waals surface area contributed by atoms with Crippen molar-refractivity contribution in [1.82, 2.24) is 5.32 Å². The van der Waals surface area contributed by atoms with Gasteiger partial charge in [-0.1, -0.05) is 18.5 Å². The van der Waals surface area contributed by atoms with E-state index in [9.17, 15) is 14.6 Å². The van der Waals surface area contributed by atoms with Crippen molar-refractivity contribution in [2.24, 2.45) is 0 Å². The molecule has 106 valence electrons. The molecule has 0 aromatic heterocycles. The van der Waals surface area contributed by atoms with Crippen molar-refractivity contribution < 1.29 is 24.4 Å². The SMILES string of the molecule is CCC(=O)N[C@H]1Cc2cc(Cl)cc(C(=O)O)c2OB1O. The van der Waals surface area contributed by atoms with Gasteiger partial charge in [-0.3, -0.25) is 4.79 Å². The Hall–Kier alpha value is -1.73. The highest BCUT2D eigenvalue weighted by Gasteiger charge is 2.37. The molecule has 1 aliphatic rings. The van der Waals surface area contributed by atoms with Crippen LogP contribution in [0.5, 0.6) is 5.75 Å². The average molecular weight is 298 g/mol. The predicted octanol–water partition coefficient (Wildman–Crippen LogP) is 0.888. The Balaban J connectivity index is 2.34. The molecule has 2 rings (SSSR count). The Morgan fingerprint density at radius 1 is 1.55 bits per heavy atom. The summed E-state index contributed by atoms with van der Waals surface area (Å²) in [6, 6.07) is 2.83. The van der Waals surface area contributed by atoms with Gasteiger partial charge in [0.25, 0.3) is 0 Å². The second-order valence-electron chi connectivity index (χ2n) is 4.49. The second kappa shape index (κ2) is 5.72. The molecule has 0 radical (unpaired) electrons. The number of carboxylic acid groups (broad SMARTS) is 1. The number of amides is 1. The van der Waals surface area contributed by atoms with Crippen LogP contribution >= 0.6 is 11.6 Å². The van der Waals surface area contributed by atoms with Crippen LogP contribution in [0.25, 0.3) is 0 Å². The maximum absolute atomic E-state index is 11.4. The lowest BCUT2D eigenvalue weighted by molar-refractivity contribution is -0.121. The predicted molar refractivity (Wildman–Crippen MR) is 72.9 cm³/mol. The molecule has 1 heterocycles. The fourth-order valence-electron chi connectivity index (χ4n) is 2.07. The third-order valence-corrected chi connectivity index (χ3v) is 3.27. The van der Waals surface area contributed by atoms with Gasteiger partial charge in [-0.2, -0.15) is 0 Å². The molecule has 0 unspecified atom stereocenters. The number of hydrogen-bond acceptors (Lipinski definition) is 4. The minimum atomic E-state index is -1.29. The molecule has 3 N–H and O–H groups in total. The molecule has 20 heavy (non-hydrogen) atoms.